The fourth-order valence-corrected chi connectivity index (χ4v) is 6.94. The van der Waals surface area contributed by atoms with E-state index in [1.807, 2.05) is 0 Å². The molecule has 2 bridgehead atoms. The van der Waals surface area contributed by atoms with Gasteiger partial charge in [-0.3, -0.25) is 4.79 Å². The van der Waals surface area contributed by atoms with Crippen molar-refractivity contribution in [1.82, 2.24) is 0 Å². The van der Waals surface area contributed by atoms with E-state index in [2.05, 4.69) is 13.8 Å². The van der Waals surface area contributed by atoms with Gasteiger partial charge < -0.3 is 10.2 Å². The lowest BCUT2D eigenvalue weighted by molar-refractivity contribution is -0.237. The third-order valence-electron chi connectivity index (χ3n) is 8.56. The first-order valence-electron chi connectivity index (χ1n) is 9.21. The Morgan fingerprint density at radius 1 is 1.09 bits per heavy atom. The monoisotopic (exact) mass is 306 g/mol. The maximum atomic E-state index is 12.4. The number of aliphatic hydroxyl groups excluding tert-OH is 1. The fraction of sp³-hybridized carbons (Fsp3) is 0.947. The molecule has 0 aromatic heterocycles. The second-order valence-corrected chi connectivity index (χ2v) is 9.24. The van der Waals surface area contributed by atoms with Crippen molar-refractivity contribution in [2.24, 2.45) is 34.5 Å². The molecule has 0 spiro atoms. The lowest BCUT2D eigenvalue weighted by Gasteiger charge is -2.65. The van der Waals surface area contributed by atoms with Gasteiger partial charge in [0.1, 0.15) is 5.78 Å². The summed E-state index contributed by atoms with van der Waals surface area (Å²) in [5.41, 5.74) is -0.786. The van der Waals surface area contributed by atoms with Gasteiger partial charge in [-0.15, -0.1) is 0 Å². The van der Waals surface area contributed by atoms with Gasteiger partial charge in [0.15, 0.2) is 0 Å². The van der Waals surface area contributed by atoms with E-state index in [0.29, 0.717) is 24.0 Å². The Morgan fingerprint density at radius 2 is 1.82 bits per heavy atom. The van der Waals surface area contributed by atoms with Crippen LogP contribution < -0.4 is 0 Å². The van der Waals surface area contributed by atoms with E-state index in [0.717, 1.165) is 44.4 Å². The number of rotatable bonds is 2. The van der Waals surface area contributed by atoms with Crippen molar-refractivity contribution < 1.29 is 15.0 Å². The highest BCUT2D eigenvalue weighted by Crippen LogP contribution is 2.67. The van der Waals surface area contributed by atoms with Crippen molar-refractivity contribution >= 4 is 5.78 Å². The first kappa shape index (κ1) is 15.1. The van der Waals surface area contributed by atoms with Crippen molar-refractivity contribution in [3.8, 4) is 0 Å². The van der Waals surface area contributed by atoms with Crippen LogP contribution in [-0.4, -0.2) is 28.2 Å². The van der Waals surface area contributed by atoms with E-state index in [9.17, 15) is 15.0 Å². The van der Waals surface area contributed by atoms with Gasteiger partial charge in [0.05, 0.1) is 5.60 Å². The zero-order chi connectivity index (χ0) is 15.8. The zero-order valence-corrected chi connectivity index (χ0v) is 14.0. The SMILES string of the molecule is C[C@@]1([C@@H]2CC[C@]3(C)C(=O)CC[C@H]3[C@H]2CO)CCC2CC1(O)C2. The number of ketones is 1. The number of fused-ring (bicyclic) bond motifs is 3. The van der Waals surface area contributed by atoms with Gasteiger partial charge in [-0.2, -0.15) is 0 Å². The standard InChI is InChI=1S/C19H30O3/c1-17-7-6-15(13(11-20)14(17)3-4-16(17)21)18(2)8-5-12-9-19(18,22)10-12/h12-15,20,22H,3-11H2,1-2H3/t12?,13-,14+,15-,17+,18+,19?/m1/s1. The third-order valence-corrected chi connectivity index (χ3v) is 8.56. The molecule has 5 aliphatic carbocycles. The van der Waals surface area contributed by atoms with Crippen molar-refractivity contribution in [1.29, 1.82) is 0 Å². The summed E-state index contributed by atoms with van der Waals surface area (Å²) in [5.74, 6) is 2.02. The summed E-state index contributed by atoms with van der Waals surface area (Å²) >= 11 is 0. The predicted octanol–water partition coefficient (Wildman–Crippen LogP) is 2.93. The summed E-state index contributed by atoms with van der Waals surface area (Å²) in [6.07, 6.45) is 7.81. The van der Waals surface area contributed by atoms with E-state index in [-0.39, 0.29) is 23.4 Å². The normalized spacial score (nSPS) is 57.4. The van der Waals surface area contributed by atoms with Crippen molar-refractivity contribution in [2.75, 3.05) is 6.61 Å². The number of carbonyl (C=O) groups is 1. The zero-order valence-electron chi connectivity index (χ0n) is 14.0. The Labute approximate surface area is 133 Å². The quantitative estimate of drug-likeness (QED) is 0.824. The van der Waals surface area contributed by atoms with Crippen LogP contribution in [0.5, 0.6) is 0 Å². The lowest BCUT2D eigenvalue weighted by Crippen LogP contribution is -2.65. The number of aliphatic hydroxyl groups is 2. The van der Waals surface area contributed by atoms with Gasteiger partial charge in [-0.1, -0.05) is 13.8 Å². The molecule has 5 rings (SSSR count). The summed E-state index contributed by atoms with van der Waals surface area (Å²) in [4.78, 5) is 12.4. The second kappa shape index (κ2) is 4.57. The molecule has 2 N–H and O–H groups in total. The van der Waals surface area contributed by atoms with Gasteiger partial charge in [0, 0.05) is 18.4 Å². The summed E-state index contributed by atoms with van der Waals surface area (Å²) < 4.78 is 0. The smallest absolute Gasteiger partial charge is 0.139 e. The van der Waals surface area contributed by atoms with Crippen LogP contribution in [0.15, 0.2) is 0 Å². The minimum absolute atomic E-state index is 0.0673. The fourth-order valence-electron chi connectivity index (χ4n) is 6.94. The van der Waals surface area contributed by atoms with Gasteiger partial charge in [-0.25, -0.2) is 0 Å². The Bertz CT molecular complexity index is 495. The molecule has 5 fully saturated rings. The van der Waals surface area contributed by atoms with E-state index >= 15 is 0 Å². The van der Waals surface area contributed by atoms with Crippen LogP contribution in [0.2, 0.25) is 0 Å². The molecule has 0 unspecified atom stereocenters. The van der Waals surface area contributed by atoms with Gasteiger partial charge in [-0.05, 0) is 74.0 Å². The Balaban J connectivity index is 1.67. The van der Waals surface area contributed by atoms with Crippen LogP contribution in [-0.2, 0) is 4.79 Å². The molecular weight excluding hydrogens is 276 g/mol. The molecule has 5 aliphatic rings. The topological polar surface area (TPSA) is 57.5 Å². The predicted molar refractivity (Wildman–Crippen MR) is 84.2 cm³/mol. The molecule has 22 heavy (non-hydrogen) atoms. The molecule has 0 amide bonds. The molecule has 0 aliphatic heterocycles. The largest absolute Gasteiger partial charge is 0.396 e. The number of hydrogen-bond acceptors (Lipinski definition) is 3. The molecule has 0 aromatic rings. The van der Waals surface area contributed by atoms with E-state index in [1.165, 1.54) is 6.42 Å². The molecule has 0 radical (unpaired) electrons. The van der Waals surface area contributed by atoms with Crippen LogP contribution in [0.4, 0.5) is 0 Å². The summed E-state index contributed by atoms with van der Waals surface area (Å²) in [5, 5.41) is 21.3. The molecule has 3 nitrogen and oxygen atoms in total. The second-order valence-electron chi connectivity index (χ2n) is 9.24. The Hall–Kier alpha value is -0.410. The number of hydrogen-bond donors (Lipinski definition) is 2. The maximum absolute atomic E-state index is 12.4. The average molecular weight is 306 g/mol. The minimum atomic E-state index is -0.510. The van der Waals surface area contributed by atoms with Crippen molar-refractivity contribution in [3.63, 3.8) is 0 Å². The summed E-state index contributed by atoms with van der Waals surface area (Å²) in [7, 11) is 0. The highest BCUT2D eigenvalue weighted by Gasteiger charge is 2.65. The maximum Gasteiger partial charge on any atom is 0.139 e. The number of Topliss-reactive ketones (excluding diaryl/α,β-unsaturated/α-hetero) is 1. The van der Waals surface area contributed by atoms with Gasteiger partial charge in [0.2, 0.25) is 0 Å². The Kier molecular flexibility index (Phi) is 3.14. The van der Waals surface area contributed by atoms with Gasteiger partial charge >= 0.3 is 0 Å². The molecule has 0 saturated heterocycles. The first-order chi connectivity index (χ1) is 10.3. The molecule has 3 heteroatoms. The van der Waals surface area contributed by atoms with Crippen molar-refractivity contribution in [3.05, 3.63) is 0 Å². The first-order valence-corrected chi connectivity index (χ1v) is 9.21. The minimum Gasteiger partial charge on any atom is -0.396 e. The summed E-state index contributed by atoms with van der Waals surface area (Å²) in [6.45, 7) is 4.58. The molecule has 5 saturated carbocycles. The average Bonchev–Trinajstić information content (AvgIpc) is 2.76. The van der Waals surface area contributed by atoms with Crippen LogP contribution >= 0.6 is 0 Å². The van der Waals surface area contributed by atoms with Crippen LogP contribution in [0.3, 0.4) is 0 Å². The number of carbonyl (C=O) groups excluding carboxylic acids is 1. The molecule has 124 valence electrons. The Morgan fingerprint density at radius 3 is 2.45 bits per heavy atom. The van der Waals surface area contributed by atoms with Crippen molar-refractivity contribution in [2.45, 2.75) is 70.8 Å². The van der Waals surface area contributed by atoms with E-state index in [1.54, 1.807) is 0 Å². The van der Waals surface area contributed by atoms with E-state index < -0.39 is 5.60 Å². The third kappa shape index (κ3) is 1.67. The van der Waals surface area contributed by atoms with Crippen LogP contribution in [0.1, 0.15) is 65.2 Å². The summed E-state index contributed by atoms with van der Waals surface area (Å²) in [6, 6.07) is 0. The highest BCUT2D eigenvalue weighted by molar-refractivity contribution is 5.87. The highest BCUT2D eigenvalue weighted by atomic mass is 16.3. The molecule has 0 aromatic carbocycles. The van der Waals surface area contributed by atoms with E-state index in [4.69, 9.17) is 0 Å². The van der Waals surface area contributed by atoms with Crippen LogP contribution in [0, 0.1) is 34.5 Å². The van der Waals surface area contributed by atoms with Gasteiger partial charge in [0.25, 0.3) is 0 Å². The molecule has 5 atom stereocenters. The molecule has 0 heterocycles. The van der Waals surface area contributed by atoms with Crippen LogP contribution in [0.25, 0.3) is 0 Å². The lowest BCUT2D eigenvalue weighted by atomic mass is 9.42. The molecular formula is C19H30O3.